The molecule has 21 heavy (non-hydrogen) atoms. The minimum atomic E-state index is -0.809. The second-order valence-electron chi connectivity index (χ2n) is 5.14. The predicted molar refractivity (Wildman–Crippen MR) is 77.6 cm³/mol. The maximum absolute atomic E-state index is 10.2. The summed E-state index contributed by atoms with van der Waals surface area (Å²) in [5.41, 5.74) is 6.25. The molecule has 1 aromatic rings. The lowest BCUT2D eigenvalue weighted by atomic mass is 10.0. The Kier molecular flexibility index (Phi) is 5.00. The second kappa shape index (κ2) is 6.75. The lowest BCUT2D eigenvalue weighted by molar-refractivity contribution is 0.0268. The summed E-state index contributed by atoms with van der Waals surface area (Å²) in [6.07, 6.45) is 0.626. The molecule has 0 saturated carbocycles. The number of nitrogens with zero attached hydrogens (tertiary/aromatic N) is 1. The second-order valence-corrected chi connectivity index (χ2v) is 5.14. The van der Waals surface area contributed by atoms with Crippen LogP contribution in [0.4, 0.5) is 0 Å². The first kappa shape index (κ1) is 15.6. The lowest BCUT2D eigenvalue weighted by Crippen LogP contribution is -2.40. The SMILES string of the molecule is COc1ccc(/C(N)=N/O)cc1CNCC1(O)CCOC1. The van der Waals surface area contributed by atoms with E-state index in [-0.39, 0.29) is 5.84 Å². The third-order valence-corrected chi connectivity index (χ3v) is 3.54. The average molecular weight is 295 g/mol. The lowest BCUT2D eigenvalue weighted by Gasteiger charge is -2.21. The number of oxime groups is 1. The van der Waals surface area contributed by atoms with Crippen molar-refractivity contribution in [3.63, 3.8) is 0 Å². The van der Waals surface area contributed by atoms with Crippen molar-refractivity contribution >= 4 is 5.84 Å². The number of nitrogens with two attached hydrogens (primary N) is 1. The van der Waals surface area contributed by atoms with E-state index < -0.39 is 5.60 Å². The third kappa shape index (κ3) is 3.84. The van der Waals surface area contributed by atoms with Gasteiger partial charge < -0.3 is 30.8 Å². The van der Waals surface area contributed by atoms with E-state index in [0.29, 0.717) is 44.0 Å². The summed E-state index contributed by atoms with van der Waals surface area (Å²) in [6.45, 7) is 1.86. The minimum absolute atomic E-state index is 0.0433. The van der Waals surface area contributed by atoms with Crippen molar-refractivity contribution in [3.05, 3.63) is 29.3 Å². The Morgan fingerprint density at radius 1 is 1.57 bits per heavy atom. The zero-order valence-electron chi connectivity index (χ0n) is 12.0. The molecule has 0 spiro atoms. The van der Waals surface area contributed by atoms with Gasteiger partial charge in [0.15, 0.2) is 5.84 Å². The molecule has 0 amide bonds. The summed E-state index contributed by atoms with van der Waals surface area (Å²) in [5.74, 6) is 0.744. The van der Waals surface area contributed by atoms with E-state index in [4.69, 9.17) is 20.4 Å². The molecular weight excluding hydrogens is 274 g/mol. The normalized spacial score (nSPS) is 22.5. The van der Waals surface area contributed by atoms with E-state index in [9.17, 15) is 5.11 Å². The Hall–Kier alpha value is -1.83. The monoisotopic (exact) mass is 295 g/mol. The van der Waals surface area contributed by atoms with Gasteiger partial charge in [-0.1, -0.05) is 5.16 Å². The minimum Gasteiger partial charge on any atom is -0.496 e. The number of aliphatic hydroxyl groups is 1. The van der Waals surface area contributed by atoms with Crippen molar-refractivity contribution in [1.29, 1.82) is 0 Å². The molecule has 1 fully saturated rings. The Labute approximate surface area is 123 Å². The van der Waals surface area contributed by atoms with E-state index in [0.717, 1.165) is 5.56 Å². The van der Waals surface area contributed by atoms with Crippen LogP contribution in [0.3, 0.4) is 0 Å². The zero-order chi connectivity index (χ0) is 15.3. The van der Waals surface area contributed by atoms with Crippen LogP contribution in [0.25, 0.3) is 0 Å². The van der Waals surface area contributed by atoms with Gasteiger partial charge in [0.2, 0.25) is 0 Å². The van der Waals surface area contributed by atoms with Crippen LogP contribution < -0.4 is 15.8 Å². The van der Waals surface area contributed by atoms with Gasteiger partial charge in [-0.2, -0.15) is 0 Å². The number of hydrogen-bond donors (Lipinski definition) is 4. The van der Waals surface area contributed by atoms with Gasteiger partial charge >= 0.3 is 0 Å². The van der Waals surface area contributed by atoms with Crippen LogP contribution in [0.5, 0.6) is 5.75 Å². The van der Waals surface area contributed by atoms with E-state index in [2.05, 4.69) is 10.5 Å². The van der Waals surface area contributed by atoms with Gasteiger partial charge in [0, 0.05) is 37.2 Å². The number of benzene rings is 1. The zero-order valence-corrected chi connectivity index (χ0v) is 12.0. The Balaban J connectivity index is 2.03. The van der Waals surface area contributed by atoms with E-state index in [1.165, 1.54) is 0 Å². The smallest absolute Gasteiger partial charge is 0.170 e. The molecule has 0 bridgehead atoms. The molecule has 1 atom stereocenters. The van der Waals surface area contributed by atoms with Crippen LogP contribution in [0.2, 0.25) is 0 Å². The molecule has 1 heterocycles. The first-order valence-electron chi connectivity index (χ1n) is 6.73. The van der Waals surface area contributed by atoms with Crippen LogP contribution in [-0.2, 0) is 11.3 Å². The maximum atomic E-state index is 10.2. The van der Waals surface area contributed by atoms with E-state index >= 15 is 0 Å². The number of nitrogens with one attached hydrogen (secondary N) is 1. The summed E-state index contributed by atoms with van der Waals surface area (Å²) in [4.78, 5) is 0. The predicted octanol–water partition coefficient (Wildman–Crippen LogP) is 0.0307. The van der Waals surface area contributed by atoms with Crippen molar-refractivity contribution in [2.75, 3.05) is 26.9 Å². The van der Waals surface area contributed by atoms with Gasteiger partial charge in [-0.05, 0) is 18.2 Å². The molecule has 0 aromatic heterocycles. The summed E-state index contributed by atoms with van der Waals surface area (Å²) in [7, 11) is 1.58. The number of amidine groups is 1. The molecule has 1 unspecified atom stereocenters. The summed E-state index contributed by atoms with van der Waals surface area (Å²) in [6, 6.07) is 5.27. The fraction of sp³-hybridized carbons (Fsp3) is 0.500. The molecule has 0 aliphatic carbocycles. The van der Waals surface area contributed by atoms with Crippen molar-refractivity contribution in [1.82, 2.24) is 5.32 Å². The van der Waals surface area contributed by atoms with Gasteiger partial charge in [-0.15, -0.1) is 0 Å². The van der Waals surface area contributed by atoms with Gasteiger partial charge in [-0.25, -0.2) is 0 Å². The molecule has 1 aliphatic rings. The highest BCUT2D eigenvalue weighted by molar-refractivity contribution is 5.97. The first-order chi connectivity index (χ1) is 10.1. The molecular formula is C14H21N3O4. The van der Waals surface area contributed by atoms with E-state index in [1.54, 1.807) is 25.3 Å². The van der Waals surface area contributed by atoms with Crippen LogP contribution in [-0.4, -0.2) is 48.6 Å². The molecule has 1 aliphatic heterocycles. The van der Waals surface area contributed by atoms with Gasteiger partial charge in [0.1, 0.15) is 11.4 Å². The van der Waals surface area contributed by atoms with Crippen molar-refractivity contribution < 1.29 is 19.8 Å². The standard InChI is InChI=1S/C14H21N3O4/c1-20-12-3-2-10(13(15)17-19)6-11(12)7-16-8-14(18)4-5-21-9-14/h2-3,6,16,18-19H,4-5,7-9H2,1H3,(H2,15,17). The van der Waals surface area contributed by atoms with E-state index in [1.807, 2.05) is 0 Å². The van der Waals surface area contributed by atoms with Crippen LogP contribution in [0.1, 0.15) is 17.5 Å². The summed E-state index contributed by atoms with van der Waals surface area (Å²) in [5, 5.41) is 25.1. The highest BCUT2D eigenvalue weighted by atomic mass is 16.5. The fourth-order valence-corrected chi connectivity index (χ4v) is 2.30. The quantitative estimate of drug-likeness (QED) is 0.255. The number of hydrogen-bond acceptors (Lipinski definition) is 6. The molecule has 116 valence electrons. The van der Waals surface area contributed by atoms with Crippen LogP contribution >= 0.6 is 0 Å². The van der Waals surface area contributed by atoms with Gasteiger partial charge in [-0.3, -0.25) is 0 Å². The number of rotatable bonds is 6. The summed E-state index contributed by atoms with van der Waals surface area (Å²) < 4.78 is 10.5. The molecule has 0 radical (unpaired) electrons. The highest BCUT2D eigenvalue weighted by Gasteiger charge is 2.31. The number of ether oxygens (including phenoxy) is 2. The van der Waals surface area contributed by atoms with Crippen molar-refractivity contribution in [2.24, 2.45) is 10.9 Å². The highest BCUT2D eigenvalue weighted by Crippen LogP contribution is 2.21. The number of methoxy groups -OCH3 is 1. The van der Waals surface area contributed by atoms with Gasteiger partial charge in [0.05, 0.1) is 13.7 Å². The Morgan fingerprint density at radius 3 is 3.00 bits per heavy atom. The Bertz CT molecular complexity index is 513. The van der Waals surface area contributed by atoms with Gasteiger partial charge in [0.25, 0.3) is 0 Å². The maximum Gasteiger partial charge on any atom is 0.170 e. The Morgan fingerprint density at radius 2 is 2.38 bits per heavy atom. The molecule has 2 rings (SSSR count). The molecule has 5 N–H and O–H groups in total. The molecule has 1 saturated heterocycles. The summed E-state index contributed by atoms with van der Waals surface area (Å²) >= 11 is 0. The van der Waals surface area contributed by atoms with Crippen molar-refractivity contribution in [3.8, 4) is 5.75 Å². The molecule has 7 nitrogen and oxygen atoms in total. The van der Waals surface area contributed by atoms with Crippen LogP contribution in [0, 0.1) is 0 Å². The topological polar surface area (TPSA) is 109 Å². The van der Waals surface area contributed by atoms with Crippen LogP contribution in [0.15, 0.2) is 23.4 Å². The first-order valence-corrected chi connectivity index (χ1v) is 6.73. The molecule has 7 heteroatoms. The largest absolute Gasteiger partial charge is 0.496 e. The molecule has 1 aromatic carbocycles. The fourth-order valence-electron chi connectivity index (χ4n) is 2.30. The average Bonchev–Trinajstić information content (AvgIpc) is 2.93. The van der Waals surface area contributed by atoms with Crippen molar-refractivity contribution in [2.45, 2.75) is 18.6 Å². The third-order valence-electron chi connectivity index (χ3n) is 3.54.